The Morgan fingerprint density at radius 2 is 1.78 bits per heavy atom. The fourth-order valence-corrected chi connectivity index (χ4v) is 4.48. The van der Waals surface area contributed by atoms with Crippen LogP contribution in [0.5, 0.6) is 0 Å². The molecule has 0 bridgehead atoms. The molecule has 186 valence electrons. The molecule has 1 rings (SSSR count). The molecule has 1 fully saturated rings. The van der Waals surface area contributed by atoms with E-state index in [4.69, 9.17) is 5.73 Å². The van der Waals surface area contributed by atoms with Gasteiger partial charge >= 0.3 is 6.03 Å². The topological polar surface area (TPSA) is 90.7 Å². The fraction of sp³-hybridized carbons (Fsp3) is 0.840. The molecular formula is C25H49N5O2. The Morgan fingerprint density at radius 1 is 1.12 bits per heavy atom. The van der Waals surface area contributed by atoms with E-state index in [1.165, 1.54) is 32.1 Å². The Morgan fingerprint density at radius 3 is 2.34 bits per heavy atom. The van der Waals surface area contributed by atoms with Gasteiger partial charge in [0, 0.05) is 31.7 Å². The van der Waals surface area contributed by atoms with Gasteiger partial charge in [-0.2, -0.15) is 0 Å². The predicted octanol–water partition coefficient (Wildman–Crippen LogP) is 3.35. The third kappa shape index (κ3) is 10.8. The Kier molecular flexibility index (Phi) is 13.6. The Hall–Kier alpha value is -1.60. The molecule has 3 amide bonds. The van der Waals surface area contributed by atoms with Crippen molar-refractivity contribution in [1.82, 2.24) is 20.4 Å². The van der Waals surface area contributed by atoms with Crippen LogP contribution in [0.4, 0.5) is 4.79 Å². The van der Waals surface area contributed by atoms with Crippen molar-refractivity contribution >= 4 is 11.9 Å². The van der Waals surface area contributed by atoms with E-state index in [2.05, 4.69) is 49.4 Å². The van der Waals surface area contributed by atoms with E-state index >= 15 is 0 Å². The largest absolute Gasteiger partial charge is 0.352 e. The third-order valence-corrected chi connectivity index (χ3v) is 6.76. The lowest BCUT2D eigenvalue weighted by atomic mass is 9.83. The summed E-state index contributed by atoms with van der Waals surface area (Å²) in [6, 6.07) is 0.390. The van der Waals surface area contributed by atoms with Gasteiger partial charge in [0.1, 0.15) is 0 Å². The summed E-state index contributed by atoms with van der Waals surface area (Å²) in [5.41, 5.74) is 5.83. The Bertz CT molecular complexity index is 575. The second kappa shape index (κ2) is 15.3. The lowest BCUT2D eigenvalue weighted by Gasteiger charge is -2.32. The monoisotopic (exact) mass is 451 g/mol. The van der Waals surface area contributed by atoms with Gasteiger partial charge in [0.2, 0.25) is 5.91 Å². The van der Waals surface area contributed by atoms with Gasteiger partial charge < -0.3 is 21.3 Å². The lowest BCUT2D eigenvalue weighted by molar-refractivity contribution is -0.121. The molecule has 0 aromatic carbocycles. The molecule has 4 N–H and O–H groups in total. The maximum atomic E-state index is 12.6. The molecule has 1 saturated carbocycles. The minimum Gasteiger partial charge on any atom is -0.352 e. The standard InChI is InChI=1S/C25H49N5O2/c1-7-11-23(30(6)19(2)3)18-29(5)25(32)27-17-24(31)28-22(14-20(4)16-26)15-21-12-9-8-10-13-21/h7,11,19-23H,8-10,12-18,26H2,1-6H3,(H,27,32)(H,28,31)/t20?,22-,23?/m1/s1. The molecule has 0 heterocycles. The lowest BCUT2D eigenvalue weighted by Crippen LogP contribution is -2.49. The van der Waals surface area contributed by atoms with E-state index in [1.54, 1.807) is 11.9 Å². The number of urea groups is 1. The average molecular weight is 452 g/mol. The maximum absolute atomic E-state index is 12.6. The molecule has 0 radical (unpaired) electrons. The zero-order valence-corrected chi connectivity index (χ0v) is 21.4. The summed E-state index contributed by atoms with van der Waals surface area (Å²) in [5, 5.41) is 5.95. The van der Waals surface area contributed by atoms with Gasteiger partial charge in [0.25, 0.3) is 0 Å². The van der Waals surface area contributed by atoms with E-state index in [0.717, 1.165) is 12.8 Å². The van der Waals surface area contributed by atoms with Crippen LogP contribution in [0.25, 0.3) is 0 Å². The van der Waals surface area contributed by atoms with Gasteiger partial charge in [-0.05, 0) is 59.0 Å². The number of carbonyl (C=O) groups excluding carboxylic acids is 2. The van der Waals surface area contributed by atoms with Crippen LogP contribution in [-0.2, 0) is 4.79 Å². The number of hydrogen-bond acceptors (Lipinski definition) is 4. The van der Waals surface area contributed by atoms with Crippen LogP contribution in [0.1, 0.15) is 72.6 Å². The number of allylic oxidation sites excluding steroid dienone is 1. The SMILES string of the molecule is CC=CC(CN(C)C(=O)NCC(=O)N[C@H](CC(C)CN)CC1CCCCC1)N(C)C(C)C. The second-order valence-corrected chi connectivity index (χ2v) is 9.97. The maximum Gasteiger partial charge on any atom is 0.317 e. The molecule has 0 spiro atoms. The highest BCUT2D eigenvalue weighted by Gasteiger charge is 2.23. The van der Waals surface area contributed by atoms with Gasteiger partial charge in [-0.15, -0.1) is 0 Å². The van der Waals surface area contributed by atoms with Crippen molar-refractivity contribution in [3.05, 3.63) is 12.2 Å². The Labute approximate surface area is 196 Å². The van der Waals surface area contributed by atoms with Crippen LogP contribution in [0.3, 0.4) is 0 Å². The van der Waals surface area contributed by atoms with Crippen LogP contribution >= 0.6 is 0 Å². The highest BCUT2D eigenvalue weighted by molar-refractivity contribution is 5.84. The van der Waals surface area contributed by atoms with Crippen LogP contribution < -0.4 is 16.4 Å². The molecule has 0 aliphatic heterocycles. The number of carbonyl (C=O) groups is 2. The first-order chi connectivity index (χ1) is 15.2. The normalized spacial score (nSPS) is 18.0. The number of likely N-dealkylation sites (N-methyl/N-ethyl adjacent to an activating group) is 2. The number of nitrogens with two attached hydrogens (primary N) is 1. The van der Waals surface area contributed by atoms with E-state index in [-0.39, 0.29) is 30.6 Å². The molecule has 7 heteroatoms. The molecule has 3 atom stereocenters. The number of rotatable bonds is 13. The van der Waals surface area contributed by atoms with Crippen LogP contribution in [-0.4, -0.2) is 73.6 Å². The van der Waals surface area contributed by atoms with E-state index in [9.17, 15) is 9.59 Å². The minimum absolute atomic E-state index is 0.00432. The molecule has 32 heavy (non-hydrogen) atoms. The number of amides is 3. The molecule has 0 aromatic heterocycles. The van der Waals surface area contributed by atoms with Crippen molar-refractivity contribution in [2.24, 2.45) is 17.6 Å². The molecule has 2 unspecified atom stereocenters. The summed E-state index contributed by atoms with van der Waals surface area (Å²) in [6.07, 6.45) is 12.4. The summed E-state index contributed by atoms with van der Waals surface area (Å²) in [4.78, 5) is 29.1. The van der Waals surface area contributed by atoms with E-state index in [0.29, 0.717) is 31.0 Å². The van der Waals surface area contributed by atoms with Crippen LogP contribution in [0, 0.1) is 11.8 Å². The van der Waals surface area contributed by atoms with Gasteiger partial charge in [-0.25, -0.2) is 4.79 Å². The first-order valence-corrected chi connectivity index (χ1v) is 12.5. The van der Waals surface area contributed by atoms with Gasteiger partial charge in [-0.1, -0.05) is 51.2 Å². The van der Waals surface area contributed by atoms with Gasteiger partial charge in [0.15, 0.2) is 0 Å². The first kappa shape index (κ1) is 28.4. The quantitative estimate of drug-likeness (QED) is 0.375. The number of nitrogens with one attached hydrogen (secondary N) is 2. The summed E-state index contributed by atoms with van der Waals surface area (Å²) in [7, 11) is 3.83. The van der Waals surface area contributed by atoms with E-state index < -0.39 is 0 Å². The first-order valence-electron chi connectivity index (χ1n) is 12.5. The average Bonchev–Trinajstić information content (AvgIpc) is 2.76. The van der Waals surface area contributed by atoms with Crippen molar-refractivity contribution < 1.29 is 9.59 Å². The zero-order chi connectivity index (χ0) is 24.1. The molecule has 0 saturated heterocycles. The highest BCUT2D eigenvalue weighted by Crippen LogP contribution is 2.28. The third-order valence-electron chi connectivity index (χ3n) is 6.76. The Balaban J connectivity index is 2.55. The summed E-state index contributed by atoms with van der Waals surface area (Å²) in [5.74, 6) is 0.924. The molecular weight excluding hydrogens is 402 g/mol. The molecule has 7 nitrogen and oxygen atoms in total. The van der Waals surface area contributed by atoms with Crippen molar-refractivity contribution in [2.75, 3.05) is 33.7 Å². The van der Waals surface area contributed by atoms with Crippen LogP contribution in [0.2, 0.25) is 0 Å². The highest BCUT2D eigenvalue weighted by atomic mass is 16.2. The molecule has 1 aliphatic rings. The van der Waals surface area contributed by atoms with E-state index in [1.807, 2.05) is 13.0 Å². The van der Waals surface area contributed by atoms with Crippen molar-refractivity contribution in [3.63, 3.8) is 0 Å². The van der Waals surface area contributed by atoms with Crippen molar-refractivity contribution in [3.8, 4) is 0 Å². The zero-order valence-electron chi connectivity index (χ0n) is 21.4. The summed E-state index contributed by atoms with van der Waals surface area (Å²) >= 11 is 0. The van der Waals surface area contributed by atoms with Crippen molar-refractivity contribution in [2.45, 2.75) is 90.8 Å². The van der Waals surface area contributed by atoms with Crippen LogP contribution in [0.15, 0.2) is 12.2 Å². The van der Waals surface area contributed by atoms with Gasteiger partial charge in [-0.3, -0.25) is 9.69 Å². The predicted molar refractivity (Wildman–Crippen MR) is 133 cm³/mol. The van der Waals surface area contributed by atoms with Crippen molar-refractivity contribution in [1.29, 1.82) is 0 Å². The fourth-order valence-electron chi connectivity index (χ4n) is 4.48. The summed E-state index contributed by atoms with van der Waals surface area (Å²) < 4.78 is 0. The summed E-state index contributed by atoms with van der Waals surface area (Å²) in [6.45, 7) is 9.57. The van der Waals surface area contributed by atoms with Gasteiger partial charge in [0.05, 0.1) is 6.54 Å². The number of nitrogens with zero attached hydrogens (tertiary/aromatic N) is 2. The number of hydrogen-bond donors (Lipinski definition) is 3. The minimum atomic E-state index is -0.231. The molecule has 1 aliphatic carbocycles. The molecule has 0 aromatic rings. The smallest absolute Gasteiger partial charge is 0.317 e. The second-order valence-electron chi connectivity index (χ2n) is 9.97.